The number of nitrogens with zero attached hydrogens (tertiary/aromatic N) is 2. The Morgan fingerprint density at radius 3 is 2.41 bits per heavy atom. The van der Waals surface area contributed by atoms with Crippen molar-refractivity contribution >= 4 is 44.3 Å². The van der Waals surface area contributed by atoms with Crippen LogP contribution in [-0.4, -0.2) is 36.5 Å². The number of furan rings is 1. The van der Waals surface area contributed by atoms with E-state index in [4.69, 9.17) is 9.15 Å². The Kier molecular flexibility index (Phi) is 6.36. The number of fused-ring (bicyclic) bond motifs is 1. The molecule has 37 heavy (non-hydrogen) atoms. The van der Waals surface area contributed by atoms with Gasteiger partial charge in [0.05, 0.1) is 29.8 Å². The topological polar surface area (TPSA) is 114 Å². The van der Waals surface area contributed by atoms with Crippen LogP contribution < -0.4 is 9.64 Å². The summed E-state index contributed by atoms with van der Waals surface area (Å²) >= 11 is 0. The maximum atomic E-state index is 13.9. The van der Waals surface area contributed by atoms with E-state index < -0.39 is 33.8 Å². The minimum atomic E-state index is -4.22. The number of imide groups is 1. The van der Waals surface area contributed by atoms with Crippen LogP contribution in [-0.2, 0) is 31.0 Å². The average molecular weight is 519 g/mol. The summed E-state index contributed by atoms with van der Waals surface area (Å²) in [6, 6.07) is 19.9. The van der Waals surface area contributed by atoms with Gasteiger partial charge in [-0.05, 0) is 59.3 Å². The van der Waals surface area contributed by atoms with Gasteiger partial charge in [-0.25, -0.2) is 13.3 Å². The second kappa shape index (κ2) is 9.64. The number of benzene rings is 3. The summed E-state index contributed by atoms with van der Waals surface area (Å²) in [6.07, 6.45) is 1.08. The van der Waals surface area contributed by atoms with Crippen molar-refractivity contribution in [2.45, 2.75) is 30.8 Å². The van der Waals surface area contributed by atoms with Crippen LogP contribution in [0.5, 0.6) is 5.75 Å². The molecule has 0 N–H and O–H groups in total. The monoisotopic (exact) mass is 518 g/mol. The van der Waals surface area contributed by atoms with Gasteiger partial charge in [0.15, 0.2) is 0 Å². The van der Waals surface area contributed by atoms with Gasteiger partial charge >= 0.3 is 5.97 Å². The number of hydrogen-bond donors (Lipinski definition) is 0. The van der Waals surface area contributed by atoms with Crippen LogP contribution in [0.25, 0.3) is 10.8 Å². The molecule has 0 bridgehead atoms. The molecule has 1 unspecified atom stereocenters. The van der Waals surface area contributed by atoms with Gasteiger partial charge in [0.2, 0.25) is 15.9 Å². The number of hydrogen-bond acceptors (Lipinski definition) is 7. The Hall–Kier alpha value is -4.28. The molecule has 1 fully saturated rings. The molecule has 188 valence electrons. The highest BCUT2D eigenvalue weighted by atomic mass is 32.2. The minimum absolute atomic E-state index is 0.00203. The lowest BCUT2D eigenvalue weighted by Crippen LogP contribution is -2.45. The molecule has 5 rings (SSSR count). The molecule has 10 heteroatoms. The van der Waals surface area contributed by atoms with E-state index in [0.29, 0.717) is 5.76 Å². The number of ether oxygens (including phenoxy) is 1. The Bertz CT molecular complexity index is 1600. The number of rotatable bonds is 7. The number of sulfonamides is 1. The predicted octanol–water partition coefficient (Wildman–Crippen LogP) is 3.88. The molecule has 4 aromatic rings. The largest absolute Gasteiger partial charge is 0.468 e. The first-order valence-corrected chi connectivity index (χ1v) is 12.9. The Balaban J connectivity index is 1.51. The SMILES string of the molecule is CC(=O)Oc1ccc(N2C(=O)CC(N(Cc3ccco3)S(=O)(=O)c3ccc4ccccc4c3)C2=O)cc1. The molecule has 9 nitrogen and oxygen atoms in total. The minimum Gasteiger partial charge on any atom is -0.468 e. The fraction of sp³-hybridized carbons (Fsp3) is 0.148. The van der Waals surface area contributed by atoms with E-state index in [-0.39, 0.29) is 29.3 Å². The summed E-state index contributed by atoms with van der Waals surface area (Å²) < 4.78 is 39.2. The molecule has 2 amide bonds. The van der Waals surface area contributed by atoms with Gasteiger partial charge in [-0.15, -0.1) is 0 Å². The molecule has 1 aliphatic heterocycles. The van der Waals surface area contributed by atoms with E-state index in [0.717, 1.165) is 20.0 Å². The summed E-state index contributed by atoms with van der Waals surface area (Å²) in [4.78, 5) is 38.6. The van der Waals surface area contributed by atoms with E-state index in [9.17, 15) is 22.8 Å². The van der Waals surface area contributed by atoms with Gasteiger partial charge in [-0.3, -0.25) is 14.4 Å². The summed E-state index contributed by atoms with van der Waals surface area (Å²) in [6.45, 7) is 1.03. The molecule has 0 radical (unpaired) electrons. The van der Waals surface area contributed by atoms with Crippen molar-refractivity contribution in [2.24, 2.45) is 0 Å². The van der Waals surface area contributed by atoms with Crippen LogP contribution in [0, 0.1) is 0 Å². The smallest absolute Gasteiger partial charge is 0.308 e. The third kappa shape index (κ3) is 4.76. The molecular formula is C27H22N2O7S. The van der Waals surface area contributed by atoms with Crippen molar-refractivity contribution < 1.29 is 32.0 Å². The molecule has 1 aliphatic rings. The standard InChI is InChI=1S/C27H22N2O7S/c1-18(30)36-22-11-9-21(10-12-22)29-26(31)16-25(27(29)32)28(17-23-7-4-14-35-23)37(33,34)24-13-8-19-5-2-3-6-20(19)15-24/h2-15,25H,16-17H2,1H3. The van der Waals surface area contributed by atoms with Crippen LogP contribution in [0.4, 0.5) is 5.69 Å². The van der Waals surface area contributed by atoms with Crippen molar-refractivity contribution in [3.63, 3.8) is 0 Å². The molecule has 1 aromatic heterocycles. The van der Waals surface area contributed by atoms with Crippen LogP contribution in [0.3, 0.4) is 0 Å². The zero-order valence-electron chi connectivity index (χ0n) is 19.7. The van der Waals surface area contributed by atoms with Crippen LogP contribution in [0.2, 0.25) is 0 Å². The lowest BCUT2D eigenvalue weighted by atomic mass is 10.1. The van der Waals surface area contributed by atoms with Crippen molar-refractivity contribution in [1.29, 1.82) is 0 Å². The lowest BCUT2D eigenvalue weighted by molar-refractivity contribution is -0.132. The van der Waals surface area contributed by atoms with Gasteiger partial charge in [0.1, 0.15) is 17.6 Å². The van der Waals surface area contributed by atoms with Crippen LogP contribution in [0.15, 0.2) is 94.4 Å². The first-order chi connectivity index (χ1) is 17.7. The number of amides is 2. The first kappa shape index (κ1) is 24.4. The normalized spacial score (nSPS) is 16.1. The molecule has 0 spiro atoms. The number of carbonyl (C=O) groups excluding carboxylic acids is 3. The van der Waals surface area contributed by atoms with E-state index in [1.165, 1.54) is 43.5 Å². The van der Waals surface area contributed by atoms with Crippen molar-refractivity contribution in [1.82, 2.24) is 4.31 Å². The molecule has 0 aliphatic carbocycles. The van der Waals surface area contributed by atoms with E-state index in [1.807, 2.05) is 18.2 Å². The highest BCUT2D eigenvalue weighted by Crippen LogP contribution is 2.32. The second-order valence-electron chi connectivity index (χ2n) is 8.51. The maximum absolute atomic E-state index is 13.9. The van der Waals surface area contributed by atoms with Gasteiger partial charge in [-0.2, -0.15) is 4.31 Å². The highest BCUT2D eigenvalue weighted by Gasteiger charge is 2.47. The van der Waals surface area contributed by atoms with E-state index in [1.54, 1.807) is 30.3 Å². The summed E-state index contributed by atoms with van der Waals surface area (Å²) in [5.74, 6) is -1.15. The molecular weight excluding hydrogens is 496 g/mol. The highest BCUT2D eigenvalue weighted by molar-refractivity contribution is 7.89. The van der Waals surface area contributed by atoms with Gasteiger partial charge in [0.25, 0.3) is 5.91 Å². The molecule has 3 aromatic carbocycles. The summed E-state index contributed by atoms with van der Waals surface area (Å²) in [7, 11) is -4.22. The summed E-state index contributed by atoms with van der Waals surface area (Å²) in [5, 5.41) is 1.60. The number of anilines is 1. The summed E-state index contributed by atoms with van der Waals surface area (Å²) in [5.41, 5.74) is 0.245. The van der Waals surface area contributed by atoms with E-state index >= 15 is 0 Å². The van der Waals surface area contributed by atoms with Gasteiger partial charge in [-0.1, -0.05) is 30.3 Å². The Morgan fingerprint density at radius 2 is 1.73 bits per heavy atom. The lowest BCUT2D eigenvalue weighted by Gasteiger charge is -2.26. The van der Waals surface area contributed by atoms with Crippen molar-refractivity contribution in [3.8, 4) is 5.75 Å². The zero-order valence-corrected chi connectivity index (χ0v) is 20.6. The molecule has 1 atom stereocenters. The third-order valence-electron chi connectivity index (χ3n) is 6.05. The van der Waals surface area contributed by atoms with Crippen molar-refractivity contribution in [3.05, 3.63) is 90.9 Å². The maximum Gasteiger partial charge on any atom is 0.308 e. The molecule has 2 heterocycles. The Labute approximate surface area is 212 Å². The quantitative estimate of drug-likeness (QED) is 0.207. The van der Waals surface area contributed by atoms with Crippen LogP contribution in [0.1, 0.15) is 19.1 Å². The first-order valence-electron chi connectivity index (χ1n) is 11.4. The average Bonchev–Trinajstić information content (AvgIpc) is 3.49. The fourth-order valence-electron chi connectivity index (χ4n) is 4.32. The van der Waals surface area contributed by atoms with Gasteiger partial charge < -0.3 is 9.15 Å². The number of esters is 1. The third-order valence-corrected chi connectivity index (χ3v) is 7.90. The van der Waals surface area contributed by atoms with E-state index in [2.05, 4.69) is 0 Å². The second-order valence-corrected chi connectivity index (χ2v) is 10.4. The molecule has 1 saturated heterocycles. The van der Waals surface area contributed by atoms with Crippen molar-refractivity contribution in [2.75, 3.05) is 4.90 Å². The van der Waals surface area contributed by atoms with Crippen LogP contribution >= 0.6 is 0 Å². The predicted molar refractivity (Wildman–Crippen MR) is 134 cm³/mol. The zero-order chi connectivity index (χ0) is 26.2. The number of carbonyl (C=O) groups is 3. The molecule has 0 saturated carbocycles. The fourth-order valence-corrected chi connectivity index (χ4v) is 5.91. The van der Waals surface area contributed by atoms with Gasteiger partial charge in [0, 0.05) is 6.92 Å². The Morgan fingerprint density at radius 1 is 1.00 bits per heavy atom.